The van der Waals surface area contributed by atoms with Gasteiger partial charge < -0.3 is 5.32 Å². The van der Waals surface area contributed by atoms with Crippen LogP contribution in [0.5, 0.6) is 0 Å². The fourth-order valence-corrected chi connectivity index (χ4v) is 2.63. The molecule has 0 spiro atoms. The molecule has 1 N–H and O–H groups in total. The van der Waals surface area contributed by atoms with Crippen molar-refractivity contribution in [2.75, 3.05) is 0 Å². The molecule has 0 bridgehead atoms. The number of carbonyl (C=O) groups excluding carboxylic acids is 1. The third-order valence-corrected chi connectivity index (χ3v) is 3.86. The molecule has 0 saturated heterocycles. The summed E-state index contributed by atoms with van der Waals surface area (Å²) in [6, 6.07) is 6.05. The topological polar surface area (TPSA) is 52.9 Å². The van der Waals surface area contributed by atoms with Gasteiger partial charge in [-0.15, -0.1) is 0 Å². The molecule has 0 radical (unpaired) electrons. The van der Waals surface area contributed by atoms with Gasteiger partial charge in [-0.2, -0.15) is 5.26 Å². The number of nitriles is 1. The molecule has 5 heteroatoms. The van der Waals surface area contributed by atoms with Crippen LogP contribution in [0.1, 0.15) is 29.6 Å². The van der Waals surface area contributed by atoms with Crippen molar-refractivity contribution in [1.29, 1.82) is 5.26 Å². The van der Waals surface area contributed by atoms with Crippen LogP contribution in [0.15, 0.2) is 22.7 Å². The minimum absolute atomic E-state index is 0.127. The lowest BCUT2D eigenvalue weighted by Crippen LogP contribution is -2.37. The first-order valence-corrected chi connectivity index (χ1v) is 6.56. The van der Waals surface area contributed by atoms with Gasteiger partial charge in [0.1, 0.15) is 5.82 Å². The van der Waals surface area contributed by atoms with Gasteiger partial charge in [0.25, 0.3) is 5.91 Å². The zero-order chi connectivity index (χ0) is 13.1. The Bertz CT molecular complexity index is 512. The number of hydrogen-bond donors (Lipinski definition) is 1. The minimum atomic E-state index is -0.452. The van der Waals surface area contributed by atoms with E-state index in [-0.39, 0.29) is 23.4 Å². The SMILES string of the molecule is N#CC1CCCC1NC(=O)c1cc(F)ccc1Br. The van der Waals surface area contributed by atoms with Gasteiger partial charge in [0, 0.05) is 10.5 Å². The Kier molecular flexibility index (Phi) is 3.97. The van der Waals surface area contributed by atoms with Crippen molar-refractivity contribution in [2.24, 2.45) is 5.92 Å². The van der Waals surface area contributed by atoms with E-state index in [1.165, 1.54) is 18.2 Å². The average molecular weight is 311 g/mol. The fourth-order valence-electron chi connectivity index (χ4n) is 2.20. The van der Waals surface area contributed by atoms with Crippen LogP contribution in [0.3, 0.4) is 0 Å². The van der Waals surface area contributed by atoms with Crippen LogP contribution >= 0.6 is 15.9 Å². The third kappa shape index (κ3) is 2.70. The maximum atomic E-state index is 13.1. The molecule has 94 valence electrons. The Morgan fingerprint density at radius 3 is 3.00 bits per heavy atom. The largest absolute Gasteiger partial charge is 0.348 e. The van der Waals surface area contributed by atoms with E-state index in [2.05, 4.69) is 27.3 Å². The maximum absolute atomic E-state index is 13.1. The predicted molar refractivity (Wildman–Crippen MR) is 68.3 cm³/mol. The zero-order valence-corrected chi connectivity index (χ0v) is 11.2. The van der Waals surface area contributed by atoms with Crippen LogP contribution in [-0.4, -0.2) is 11.9 Å². The van der Waals surface area contributed by atoms with Crippen molar-refractivity contribution in [3.63, 3.8) is 0 Å². The molecule has 3 nitrogen and oxygen atoms in total. The standard InChI is InChI=1S/C13H12BrFN2O/c14-11-5-4-9(15)6-10(11)13(18)17-12-3-1-2-8(12)7-16/h4-6,8,12H,1-3H2,(H,17,18). The number of nitrogens with zero attached hydrogens (tertiary/aromatic N) is 1. The van der Waals surface area contributed by atoms with Crippen molar-refractivity contribution in [1.82, 2.24) is 5.32 Å². The highest BCUT2D eigenvalue weighted by Gasteiger charge is 2.29. The molecule has 1 aromatic rings. The molecule has 2 rings (SSSR count). The highest BCUT2D eigenvalue weighted by Crippen LogP contribution is 2.26. The summed E-state index contributed by atoms with van der Waals surface area (Å²) < 4.78 is 13.7. The molecule has 1 aliphatic rings. The lowest BCUT2D eigenvalue weighted by Gasteiger charge is -2.16. The number of amides is 1. The van der Waals surface area contributed by atoms with Gasteiger partial charge >= 0.3 is 0 Å². The van der Waals surface area contributed by atoms with Crippen LogP contribution < -0.4 is 5.32 Å². The molecule has 0 aliphatic heterocycles. The molecule has 1 amide bonds. The molecule has 1 aliphatic carbocycles. The molecule has 1 saturated carbocycles. The van der Waals surface area contributed by atoms with E-state index in [4.69, 9.17) is 5.26 Å². The number of rotatable bonds is 2. The second-order valence-corrected chi connectivity index (χ2v) is 5.22. The monoisotopic (exact) mass is 310 g/mol. The first-order valence-electron chi connectivity index (χ1n) is 5.77. The van der Waals surface area contributed by atoms with Crippen LogP contribution in [-0.2, 0) is 0 Å². The molecule has 1 aromatic carbocycles. The van der Waals surface area contributed by atoms with Crippen LogP contribution in [0, 0.1) is 23.1 Å². The summed E-state index contributed by atoms with van der Waals surface area (Å²) in [5.41, 5.74) is 0.263. The first kappa shape index (κ1) is 13.0. The Morgan fingerprint density at radius 1 is 1.50 bits per heavy atom. The summed E-state index contributed by atoms with van der Waals surface area (Å²) in [6.45, 7) is 0. The molecule has 1 fully saturated rings. The highest BCUT2D eigenvalue weighted by molar-refractivity contribution is 9.10. The van der Waals surface area contributed by atoms with Gasteiger partial charge in [0.15, 0.2) is 0 Å². The number of benzene rings is 1. The summed E-state index contributed by atoms with van der Waals surface area (Å²) in [6.07, 6.45) is 2.55. The summed E-state index contributed by atoms with van der Waals surface area (Å²) in [5, 5.41) is 11.8. The van der Waals surface area contributed by atoms with E-state index >= 15 is 0 Å². The molecular formula is C13H12BrFN2O. The van der Waals surface area contributed by atoms with E-state index in [1.807, 2.05) is 0 Å². The quantitative estimate of drug-likeness (QED) is 0.913. The Morgan fingerprint density at radius 2 is 2.28 bits per heavy atom. The lowest BCUT2D eigenvalue weighted by atomic mass is 10.1. The molecule has 0 aromatic heterocycles. The molecule has 2 atom stereocenters. The Labute approximate surface area is 113 Å². The number of hydrogen-bond acceptors (Lipinski definition) is 2. The normalized spacial score (nSPS) is 22.5. The molecule has 18 heavy (non-hydrogen) atoms. The van der Waals surface area contributed by atoms with E-state index in [1.54, 1.807) is 0 Å². The van der Waals surface area contributed by atoms with Crippen molar-refractivity contribution in [2.45, 2.75) is 25.3 Å². The van der Waals surface area contributed by atoms with Gasteiger partial charge in [-0.25, -0.2) is 4.39 Å². The molecule has 2 unspecified atom stereocenters. The molecular weight excluding hydrogens is 299 g/mol. The van der Waals surface area contributed by atoms with Gasteiger partial charge in [-0.1, -0.05) is 0 Å². The third-order valence-electron chi connectivity index (χ3n) is 3.17. The second kappa shape index (κ2) is 5.49. The van der Waals surface area contributed by atoms with E-state index in [0.717, 1.165) is 19.3 Å². The minimum Gasteiger partial charge on any atom is -0.348 e. The van der Waals surface area contributed by atoms with Crippen molar-refractivity contribution < 1.29 is 9.18 Å². The fraction of sp³-hybridized carbons (Fsp3) is 0.385. The smallest absolute Gasteiger partial charge is 0.252 e. The van der Waals surface area contributed by atoms with E-state index in [0.29, 0.717) is 4.47 Å². The van der Waals surface area contributed by atoms with E-state index in [9.17, 15) is 9.18 Å². The van der Waals surface area contributed by atoms with Gasteiger partial charge in [-0.05, 0) is 53.4 Å². The Balaban J connectivity index is 2.13. The van der Waals surface area contributed by atoms with Crippen LogP contribution in [0.4, 0.5) is 4.39 Å². The average Bonchev–Trinajstić information content (AvgIpc) is 2.79. The van der Waals surface area contributed by atoms with Crippen LogP contribution in [0.25, 0.3) is 0 Å². The lowest BCUT2D eigenvalue weighted by molar-refractivity contribution is 0.0931. The summed E-state index contributed by atoms with van der Waals surface area (Å²) in [7, 11) is 0. The number of carbonyl (C=O) groups is 1. The predicted octanol–water partition coefficient (Wildman–Crippen LogP) is 3.01. The summed E-state index contributed by atoms with van der Waals surface area (Å²) >= 11 is 3.22. The van der Waals surface area contributed by atoms with Crippen molar-refractivity contribution in [3.8, 4) is 6.07 Å². The molecule has 0 heterocycles. The second-order valence-electron chi connectivity index (χ2n) is 4.37. The zero-order valence-electron chi connectivity index (χ0n) is 9.62. The Hall–Kier alpha value is -1.41. The summed E-state index contributed by atoms with van der Waals surface area (Å²) in [4.78, 5) is 12.0. The van der Waals surface area contributed by atoms with E-state index < -0.39 is 5.82 Å². The number of halogens is 2. The summed E-state index contributed by atoms with van der Waals surface area (Å²) in [5.74, 6) is -0.929. The van der Waals surface area contributed by atoms with Gasteiger partial charge in [0.05, 0.1) is 17.6 Å². The van der Waals surface area contributed by atoms with Crippen molar-refractivity contribution >= 4 is 21.8 Å². The van der Waals surface area contributed by atoms with Gasteiger partial charge in [0.2, 0.25) is 0 Å². The highest BCUT2D eigenvalue weighted by atomic mass is 79.9. The number of nitrogens with one attached hydrogen (secondary N) is 1. The van der Waals surface area contributed by atoms with Gasteiger partial charge in [-0.3, -0.25) is 4.79 Å². The van der Waals surface area contributed by atoms with Crippen molar-refractivity contribution in [3.05, 3.63) is 34.1 Å². The first-order chi connectivity index (χ1) is 8.61. The van der Waals surface area contributed by atoms with Crippen LogP contribution in [0.2, 0.25) is 0 Å². The maximum Gasteiger partial charge on any atom is 0.252 e.